The monoisotopic (exact) mass is 827 g/mol. The van der Waals surface area contributed by atoms with Crippen LogP contribution in [0.15, 0.2) is 48.6 Å². The second-order valence-corrected chi connectivity index (χ2v) is 16.5. The molecule has 11 heteroatoms. The van der Waals surface area contributed by atoms with Crippen molar-refractivity contribution in [3.63, 3.8) is 0 Å². The smallest absolute Gasteiger partial charge is 0.462 e. The van der Waals surface area contributed by atoms with E-state index in [1.165, 1.54) is 109 Å². The Hall–Kier alpha value is -2.07. The van der Waals surface area contributed by atoms with Crippen LogP contribution in [0, 0.1) is 0 Å². The molecule has 0 saturated carbocycles. The molecular formula is C46H83O10P. The van der Waals surface area contributed by atoms with Gasteiger partial charge in [0, 0.05) is 12.8 Å². The summed E-state index contributed by atoms with van der Waals surface area (Å²) in [6.07, 6.45) is 45.1. The van der Waals surface area contributed by atoms with Crippen LogP contribution < -0.4 is 0 Å². The van der Waals surface area contributed by atoms with Crippen molar-refractivity contribution < 1.29 is 47.8 Å². The van der Waals surface area contributed by atoms with Crippen molar-refractivity contribution in [1.82, 2.24) is 0 Å². The van der Waals surface area contributed by atoms with Gasteiger partial charge in [0.1, 0.15) is 12.7 Å². The van der Waals surface area contributed by atoms with Gasteiger partial charge in [0.15, 0.2) is 6.10 Å². The summed E-state index contributed by atoms with van der Waals surface area (Å²) in [5.74, 6) is -0.987. The molecule has 3 N–H and O–H groups in total. The van der Waals surface area contributed by atoms with Gasteiger partial charge in [-0.2, -0.15) is 0 Å². The predicted octanol–water partition coefficient (Wildman–Crippen LogP) is 12.1. The molecule has 1 unspecified atom stereocenters. The van der Waals surface area contributed by atoms with Crippen molar-refractivity contribution in [1.29, 1.82) is 0 Å². The molecule has 0 aliphatic rings. The molecular weight excluding hydrogens is 743 g/mol. The molecule has 0 aliphatic heterocycles. The molecule has 10 nitrogen and oxygen atoms in total. The first-order chi connectivity index (χ1) is 27.7. The number of hydrogen-bond acceptors (Lipinski definition) is 9. The van der Waals surface area contributed by atoms with Gasteiger partial charge in [0.25, 0.3) is 0 Å². The molecule has 332 valence electrons. The second-order valence-electron chi connectivity index (χ2n) is 15.1. The maximum atomic E-state index is 12.6. The highest BCUT2D eigenvalue weighted by Crippen LogP contribution is 2.43. The molecule has 0 aromatic heterocycles. The minimum atomic E-state index is -4.63. The molecule has 0 aliphatic carbocycles. The third-order valence-electron chi connectivity index (χ3n) is 9.46. The maximum absolute atomic E-state index is 12.6. The molecule has 0 fully saturated rings. The number of phosphoric acid groups is 1. The lowest BCUT2D eigenvalue weighted by Gasteiger charge is -2.20. The minimum absolute atomic E-state index is 0.169. The number of carbonyl (C=O) groups is 2. The average molecular weight is 827 g/mol. The summed E-state index contributed by atoms with van der Waals surface area (Å²) in [6.45, 7) is 2.31. The summed E-state index contributed by atoms with van der Waals surface area (Å²) in [6, 6.07) is 0. The Labute approximate surface area is 347 Å². The Balaban J connectivity index is 4.35. The van der Waals surface area contributed by atoms with Crippen molar-refractivity contribution in [3.8, 4) is 0 Å². The van der Waals surface area contributed by atoms with E-state index in [-0.39, 0.29) is 19.4 Å². The summed E-state index contributed by atoms with van der Waals surface area (Å²) in [5, 5.41) is 18.3. The van der Waals surface area contributed by atoms with E-state index >= 15 is 0 Å². The zero-order chi connectivity index (χ0) is 41.9. The highest BCUT2D eigenvalue weighted by atomic mass is 31.2. The average Bonchev–Trinajstić information content (AvgIpc) is 3.20. The van der Waals surface area contributed by atoms with E-state index in [2.05, 4.69) is 60.9 Å². The fourth-order valence-corrected chi connectivity index (χ4v) is 6.73. The number of carbonyl (C=O) groups excluding carboxylic acids is 2. The van der Waals surface area contributed by atoms with Gasteiger partial charge in [0.05, 0.1) is 19.8 Å². The zero-order valence-corrected chi connectivity index (χ0v) is 36.9. The van der Waals surface area contributed by atoms with Crippen molar-refractivity contribution >= 4 is 19.8 Å². The van der Waals surface area contributed by atoms with Crippen LogP contribution in [0.4, 0.5) is 0 Å². The molecule has 0 rings (SSSR count). The van der Waals surface area contributed by atoms with Crippen LogP contribution in [-0.2, 0) is 32.7 Å². The maximum Gasteiger partial charge on any atom is 0.472 e. The van der Waals surface area contributed by atoms with Crippen molar-refractivity contribution in [2.24, 2.45) is 0 Å². The first-order valence-corrected chi connectivity index (χ1v) is 24.1. The Bertz CT molecular complexity index is 1090. The number of hydrogen-bond donors (Lipinski definition) is 3. The topological polar surface area (TPSA) is 149 Å². The number of unbranched alkanes of at least 4 members (excludes halogenated alkanes) is 20. The standard InChI is InChI=1S/C46H83O10P/c1-3-5-7-9-11-13-15-17-19-21-23-25-27-29-31-33-35-37-45(49)53-41-44(42-55-57(51,52)54-40-43(48)39-47)56-46(50)38-36-34-32-30-28-26-24-22-20-18-16-14-12-10-8-6-4-2/h14,16-17,19,23,25,29,31,43-44,47-48H,3-13,15,18,20-22,24,26-28,30,32-42H2,1-2H3,(H,51,52)/b16-14+,19-17+,25-23+,31-29+/t43-,44+/m0/s1. The van der Waals surface area contributed by atoms with Crippen molar-refractivity contribution in [2.75, 3.05) is 26.4 Å². The largest absolute Gasteiger partial charge is 0.472 e. The molecule has 0 saturated heterocycles. The SMILES string of the molecule is CCCCCC/C=C/CCCCCCCCCCCC(=O)O[C@H](COC(=O)CCC/C=C/C/C=C/C/C=C/CCCCCCCC)COP(=O)(O)OC[C@@H](O)CO. The Morgan fingerprint density at radius 3 is 1.46 bits per heavy atom. The van der Waals surface area contributed by atoms with Crippen LogP contribution >= 0.6 is 7.82 Å². The van der Waals surface area contributed by atoms with Gasteiger partial charge >= 0.3 is 19.8 Å². The van der Waals surface area contributed by atoms with Gasteiger partial charge in [-0.15, -0.1) is 0 Å². The lowest BCUT2D eigenvalue weighted by molar-refractivity contribution is -0.161. The van der Waals surface area contributed by atoms with Gasteiger partial charge in [-0.3, -0.25) is 18.6 Å². The summed E-state index contributed by atoms with van der Waals surface area (Å²) in [5.41, 5.74) is 0. The summed E-state index contributed by atoms with van der Waals surface area (Å²) in [4.78, 5) is 35.0. The first-order valence-electron chi connectivity index (χ1n) is 22.6. The van der Waals surface area contributed by atoms with Crippen molar-refractivity contribution in [3.05, 3.63) is 48.6 Å². The van der Waals surface area contributed by atoms with Gasteiger partial charge in [-0.1, -0.05) is 159 Å². The molecule has 0 amide bonds. The third-order valence-corrected chi connectivity index (χ3v) is 10.4. The predicted molar refractivity (Wildman–Crippen MR) is 233 cm³/mol. The normalized spacial score (nSPS) is 14.3. The van der Waals surface area contributed by atoms with Crippen LogP contribution in [0.5, 0.6) is 0 Å². The number of aliphatic hydroxyl groups is 2. The Morgan fingerprint density at radius 1 is 0.526 bits per heavy atom. The van der Waals surface area contributed by atoms with E-state index in [0.29, 0.717) is 19.3 Å². The van der Waals surface area contributed by atoms with E-state index < -0.39 is 51.8 Å². The molecule has 3 atom stereocenters. The second kappa shape index (κ2) is 42.1. The lowest BCUT2D eigenvalue weighted by atomic mass is 10.1. The van der Waals surface area contributed by atoms with E-state index in [9.17, 15) is 24.2 Å². The third kappa shape index (κ3) is 41.9. The van der Waals surface area contributed by atoms with E-state index in [4.69, 9.17) is 19.1 Å². The number of esters is 2. The van der Waals surface area contributed by atoms with E-state index in [1.54, 1.807) is 0 Å². The van der Waals surface area contributed by atoms with Gasteiger partial charge in [-0.25, -0.2) is 4.57 Å². The molecule has 0 aromatic carbocycles. The summed E-state index contributed by atoms with van der Waals surface area (Å²) >= 11 is 0. The van der Waals surface area contributed by atoms with Gasteiger partial charge in [-0.05, 0) is 70.6 Å². The number of phosphoric ester groups is 1. The minimum Gasteiger partial charge on any atom is -0.462 e. The molecule has 0 bridgehead atoms. The van der Waals surface area contributed by atoms with Crippen LogP contribution in [0.1, 0.15) is 194 Å². The highest BCUT2D eigenvalue weighted by Gasteiger charge is 2.27. The first kappa shape index (κ1) is 54.9. The number of rotatable bonds is 42. The quantitative estimate of drug-likeness (QED) is 0.0235. The molecule has 57 heavy (non-hydrogen) atoms. The zero-order valence-electron chi connectivity index (χ0n) is 36.0. The fourth-order valence-electron chi connectivity index (χ4n) is 5.94. The molecule has 0 heterocycles. The summed E-state index contributed by atoms with van der Waals surface area (Å²) in [7, 11) is -4.63. The lowest BCUT2D eigenvalue weighted by Crippen LogP contribution is -2.29. The van der Waals surface area contributed by atoms with Crippen LogP contribution in [-0.4, -0.2) is 65.7 Å². The van der Waals surface area contributed by atoms with E-state index in [0.717, 1.165) is 38.5 Å². The van der Waals surface area contributed by atoms with Crippen molar-refractivity contribution in [2.45, 2.75) is 206 Å². The molecule has 0 radical (unpaired) electrons. The molecule has 0 spiro atoms. The Morgan fingerprint density at radius 2 is 0.930 bits per heavy atom. The molecule has 0 aromatic rings. The Kier molecular flexibility index (Phi) is 40.5. The van der Waals surface area contributed by atoms with Gasteiger partial charge in [0.2, 0.25) is 0 Å². The number of aliphatic hydroxyl groups excluding tert-OH is 2. The highest BCUT2D eigenvalue weighted by molar-refractivity contribution is 7.47. The van der Waals surface area contributed by atoms with Crippen LogP contribution in [0.25, 0.3) is 0 Å². The number of ether oxygens (including phenoxy) is 2. The van der Waals surface area contributed by atoms with E-state index in [1.807, 2.05) is 6.08 Å². The van der Waals surface area contributed by atoms with Crippen LogP contribution in [0.2, 0.25) is 0 Å². The summed E-state index contributed by atoms with van der Waals surface area (Å²) < 4.78 is 32.7. The number of allylic oxidation sites excluding steroid dienone is 8. The van der Waals surface area contributed by atoms with Crippen LogP contribution in [0.3, 0.4) is 0 Å². The van der Waals surface area contributed by atoms with Gasteiger partial charge < -0.3 is 24.6 Å². The fraction of sp³-hybridized carbons (Fsp3) is 0.783.